The van der Waals surface area contributed by atoms with Gasteiger partial charge in [-0.15, -0.1) is 0 Å². The number of rotatable bonds is 6. The molecule has 0 fully saturated rings. The molecule has 1 aromatic carbocycles. The molecule has 6 heteroatoms. The molecule has 1 amide bonds. The molecule has 0 saturated carbocycles. The standard InChI is InChI=1S/C18H22N2O4/c1-5-13-15(18(22)24-4)11(2)16(20-13)17(21)19-10-12-8-6-7-9-14(12)23-3/h6-9,20H,5,10H2,1-4H3,(H,19,21). The average Bonchev–Trinajstić information content (AvgIpc) is 2.95. The summed E-state index contributed by atoms with van der Waals surface area (Å²) in [5.41, 5.74) is 2.98. The van der Waals surface area contributed by atoms with Crippen LogP contribution in [0.2, 0.25) is 0 Å². The summed E-state index contributed by atoms with van der Waals surface area (Å²) in [6.07, 6.45) is 0.602. The second-order valence-electron chi connectivity index (χ2n) is 5.32. The molecule has 0 aliphatic carbocycles. The van der Waals surface area contributed by atoms with Crippen molar-refractivity contribution in [3.8, 4) is 5.75 Å². The van der Waals surface area contributed by atoms with Gasteiger partial charge in [-0.3, -0.25) is 4.79 Å². The summed E-state index contributed by atoms with van der Waals surface area (Å²) in [5, 5.41) is 2.85. The maximum atomic E-state index is 12.5. The zero-order valence-corrected chi connectivity index (χ0v) is 14.4. The highest BCUT2D eigenvalue weighted by atomic mass is 16.5. The number of benzene rings is 1. The highest BCUT2D eigenvalue weighted by Crippen LogP contribution is 2.21. The Morgan fingerprint density at radius 2 is 1.92 bits per heavy atom. The Balaban J connectivity index is 2.21. The van der Waals surface area contributed by atoms with E-state index >= 15 is 0 Å². The number of H-pyrrole nitrogens is 1. The van der Waals surface area contributed by atoms with Crippen molar-refractivity contribution in [3.63, 3.8) is 0 Å². The predicted molar refractivity (Wildman–Crippen MR) is 90.4 cm³/mol. The van der Waals surface area contributed by atoms with Crippen molar-refractivity contribution in [2.75, 3.05) is 14.2 Å². The quantitative estimate of drug-likeness (QED) is 0.798. The molecule has 1 aromatic heterocycles. The van der Waals surface area contributed by atoms with Crippen LogP contribution in [0.25, 0.3) is 0 Å². The molecule has 2 rings (SSSR count). The molecule has 0 radical (unpaired) electrons. The van der Waals surface area contributed by atoms with Crippen LogP contribution in [0.1, 0.15) is 44.6 Å². The summed E-state index contributed by atoms with van der Waals surface area (Å²) < 4.78 is 10.1. The van der Waals surface area contributed by atoms with Gasteiger partial charge in [0.2, 0.25) is 0 Å². The van der Waals surface area contributed by atoms with Crippen LogP contribution in [0.5, 0.6) is 5.75 Å². The zero-order valence-electron chi connectivity index (χ0n) is 14.4. The fourth-order valence-electron chi connectivity index (χ4n) is 2.64. The number of hydrogen-bond donors (Lipinski definition) is 2. The highest BCUT2D eigenvalue weighted by Gasteiger charge is 2.23. The second-order valence-corrected chi connectivity index (χ2v) is 5.32. The number of ether oxygens (including phenoxy) is 2. The number of nitrogens with one attached hydrogen (secondary N) is 2. The van der Waals surface area contributed by atoms with E-state index in [1.807, 2.05) is 31.2 Å². The van der Waals surface area contributed by atoms with Gasteiger partial charge in [-0.25, -0.2) is 4.79 Å². The second kappa shape index (κ2) is 7.68. The molecular weight excluding hydrogens is 308 g/mol. The molecule has 2 N–H and O–H groups in total. The van der Waals surface area contributed by atoms with Gasteiger partial charge in [0, 0.05) is 17.8 Å². The van der Waals surface area contributed by atoms with Gasteiger partial charge in [-0.2, -0.15) is 0 Å². The summed E-state index contributed by atoms with van der Waals surface area (Å²) >= 11 is 0. The van der Waals surface area contributed by atoms with E-state index in [0.717, 1.165) is 5.56 Å². The van der Waals surface area contributed by atoms with Gasteiger partial charge in [-0.1, -0.05) is 25.1 Å². The van der Waals surface area contributed by atoms with E-state index in [9.17, 15) is 9.59 Å². The molecule has 0 aliphatic rings. The third-order valence-corrected chi connectivity index (χ3v) is 3.93. The lowest BCUT2D eigenvalue weighted by Gasteiger charge is -2.09. The van der Waals surface area contributed by atoms with Crippen LogP contribution in [-0.4, -0.2) is 31.1 Å². The number of methoxy groups -OCH3 is 2. The summed E-state index contributed by atoms with van der Waals surface area (Å²) in [7, 11) is 2.92. The summed E-state index contributed by atoms with van der Waals surface area (Å²) in [5.74, 6) is -0.00172. The minimum Gasteiger partial charge on any atom is -0.496 e. The lowest BCUT2D eigenvalue weighted by atomic mass is 10.1. The van der Waals surface area contributed by atoms with Gasteiger partial charge in [0.25, 0.3) is 5.91 Å². The summed E-state index contributed by atoms with van der Waals surface area (Å²) in [6.45, 7) is 3.98. The maximum absolute atomic E-state index is 12.5. The molecule has 128 valence electrons. The highest BCUT2D eigenvalue weighted by molar-refractivity contribution is 6.00. The number of carbonyl (C=O) groups excluding carboxylic acids is 2. The van der Waals surface area contributed by atoms with Crippen LogP contribution in [0.3, 0.4) is 0 Å². The van der Waals surface area contributed by atoms with Gasteiger partial charge in [0.05, 0.1) is 19.8 Å². The average molecular weight is 330 g/mol. The van der Waals surface area contributed by atoms with Gasteiger partial charge >= 0.3 is 5.97 Å². The number of carbonyl (C=O) groups is 2. The van der Waals surface area contributed by atoms with Crippen LogP contribution in [0.4, 0.5) is 0 Å². The number of aromatic amines is 1. The van der Waals surface area contributed by atoms with Gasteiger partial charge in [-0.05, 0) is 25.0 Å². The third-order valence-electron chi connectivity index (χ3n) is 3.93. The molecule has 0 saturated heterocycles. The Hall–Kier alpha value is -2.76. The van der Waals surface area contributed by atoms with Gasteiger partial charge < -0.3 is 19.8 Å². The number of aryl methyl sites for hydroxylation is 1. The van der Waals surface area contributed by atoms with Crippen molar-refractivity contribution in [1.82, 2.24) is 10.3 Å². The van der Waals surface area contributed by atoms with E-state index in [0.29, 0.717) is 41.2 Å². The van der Waals surface area contributed by atoms with Crippen molar-refractivity contribution in [2.24, 2.45) is 0 Å². The Morgan fingerprint density at radius 1 is 1.21 bits per heavy atom. The minimum absolute atomic E-state index is 0.275. The van der Waals surface area contributed by atoms with Crippen LogP contribution < -0.4 is 10.1 Å². The van der Waals surface area contributed by atoms with Crippen molar-refractivity contribution < 1.29 is 19.1 Å². The normalized spacial score (nSPS) is 10.3. The molecule has 2 aromatic rings. The fraction of sp³-hybridized carbons (Fsp3) is 0.333. The third kappa shape index (κ3) is 3.42. The van der Waals surface area contributed by atoms with Crippen LogP contribution in [0.15, 0.2) is 24.3 Å². The molecular formula is C18H22N2O4. The van der Waals surface area contributed by atoms with E-state index in [4.69, 9.17) is 9.47 Å². The Bertz CT molecular complexity index is 749. The van der Waals surface area contributed by atoms with E-state index in [1.54, 1.807) is 14.0 Å². The number of esters is 1. The fourth-order valence-corrected chi connectivity index (χ4v) is 2.64. The van der Waals surface area contributed by atoms with Crippen LogP contribution in [0, 0.1) is 6.92 Å². The first-order chi connectivity index (χ1) is 11.5. The number of hydrogen-bond acceptors (Lipinski definition) is 4. The van der Waals surface area contributed by atoms with E-state index in [1.165, 1.54) is 7.11 Å². The first-order valence-electron chi connectivity index (χ1n) is 7.73. The van der Waals surface area contributed by atoms with Crippen molar-refractivity contribution >= 4 is 11.9 Å². The van der Waals surface area contributed by atoms with Crippen molar-refractivity contribution in [1.29, 1.82) is 0 Å². The largest absolute Gasteiger partial charge is 0.496 e. The van der Waals surface area contributed by atoms with E-state index in [-0.39, 0.29) is 5.91 Å². The van der Waals surface area contributed by atoms with Gasteiger partial charge in [0.15, 0.2) is 0 Å². The number of para-hydroxylation sites is 1. The molecule has 0 unspecified atom stereocenters. The summed E-state index contributed by atoms with van der Waals surface area (Å²) in [4.78, 5) is 27.5. The monoisotopic (exact) mass is 330 g/mol. The molecule has 24 heavy (non-hydrogen) atoms. The van der Waals surface area contributed by atoms with Crippen molar-refractivity contribution in [2.45, 2.75) is 26.8 Å². The minimum atomic E-state index is -0.440. The van der Waals surface area contributed by atoms with Crippen molar-refractivity contribution in [3.05, 3.63) is 52.3 Å². The molecule has 0 bridgehead atoms. The number of amides is 1. The van der Waals surface area contributed by atoms with Crippen LogP contribution in [-0.2, 0) is 17.7 Å². The maximum Gasteiger partial charge on any atom is 0.339 e. The van der Waals surface area contributed by atoms with E-state index in [2.05, 4.69) is 10.3 Å². The predicted octanol–water partition coefficient (Wildman–Crippen LogP) is 2.61. The smallest absolute Gasteiger partial charge is 0.339 e. The molecule has 0 spiro atoms. The number of aromatic nitrogens is 1. The zero-order chi connectivity index (χ0) is 17.7. The Labute approximate surface area is 141 Å². The summed E-state index contributed by atoms with van der Waals surface area (Å²) in [6, 6.07) is 7.48. The Morgan fingerprint density at radius 3 is 2.54 bits per heavy atom. The lowest BCUT2D eigenvalue weighted by molar-refractivity contribution is 0.0599. The molecule has 0 aliphatic heterocycles. The molecule has 6 nitrogen and oxygen atoms in total. The van der Waals surface area contributed by atoms with Gasteiger partial charge in [0.1, 0.15) is 11.4 Å². The molecule has 1 heterocycles. The lowest BCUT2D eigenvalue weighted by Crippen LogP contribution is -2.24. The first kappa shape index (κ1) is 17.6. The molecule has 0 atom stereocenters. The Kier molecular flexibility index (Phi) is 5.63. The van der Waals surface area contributed by atoms with Crippen LogP contribution >= 0.6 is 0 Å². The topological polar surface area (TPSA) is 80.4 Å². The van der Waals surface area contributed by atoms with E-state index < -0.39 is 5.97 Å². The first-order valence-corrected chi connectivity index (χ1v) is 7.73. The SMILES string of the molecule is CCc1[nH]c(C(=O)NCc2ccccc2OC)c(C)c1C(=O)OC.